The Kier molecular flexibility index (Phi) is 3.79. The second kappa shape index (κ2) is 5.73. The number of hydrogen-bond acceptors (Lipinski definition) is 6. The summed E-state index contributed by atoms with van der Waals surface area (Å²) >= 11 is 0. The van der Waals surface area contributed by atoms with Crippen LogP contribution in [0.2, 0.25) is 0 Å². The van der Waals surface area contributed by atoms with Crippen LogP contribution in [-0.2, 0) is 14.3 Å². The Morgan fingerprint density at radius 3 is 2.95 bits per heavy atom. The molecule has 0 N–H and O–H groups in total. The number of aliphatic imine (C=N–C) groups is 1. The Balaban J connectivity index is 1.93. The lowest BCUT2D eigenvalue weighted by molar-refractivity contribution is -0.145. The van der Waals surface area contributed by atoms with E-state index < -0.39 is 6.04 Å². The molecule has 112 valence electrons. The number of carbonyl (C=O) groups is 1. The van der Waals surface area contributed by atoms with Crippen molar-refractivity contribution in [3.8, 4) is 5.75 Å². The third kappa shape index (κ3) is 2.47. The summed E-state index contributed by atoms with van der Waals surface area (Å²) in [6, 6.07) is 7.48. The molecule has 6 heteroatoms. The topological polar surface area (TPSA) is 60.4 Å². The first-order valence-corrected chi connectivity index (χ1v) is 7.16. The van der Waals surface area contributed by atoms with E-state index in [1.54, 1.807) is 6.92 Å². The Bertz CT molecular complexity index is 573. The van der Waals surface area contributed by atoms with Crippen LogP contribution in [0.25, 0.3) is 0 Å². The normalized spacial score (nSPS) is 23.0. The van der Waals surface area contributed by atoms with Gasteiger partial charge in [0.2, 0.25) is 0 Å². The Morgan fingerprint density at radius 2 is 2.19 bits per heavy atom. The number of ether oxygens (including phenoxy) is 3. The van der Waals surface area contributed by atoms with Crippen LogP contribution < -0.4 is 9.64 Å². The summed E-state index contributed by atoms with van der Waals surface area (Å²) in [4.78, 5) is 18.2. The second-order valence-corrected chi connectivity index (χ2v) is 4.77. The molecule has 0 saturated carbocycles. The van der Waals surface area contributed by atoms with Gasteiger partial charge in [0.1, 0.15) is 6.23 Å². The number of anilines is 1. The van der Waals surface area contributed by atoms with Gasteiger partial charge in [-0.05, 0) is 26.0 Å². The predicted molar refractivity (Wildman–Crippen MR) is 77.4 cm³/mol. The first-order chi connectivity index (χ1) is 10.2. The zero-order chi connectivity index (χ0) is 14.8. The maximum atomic E-state index is 12.0. The molecule has 6 nitrogen and oxygen atoms in total. The minimum absolute atomic E-state index is 0.277. The van der Waals surface area contributed by atoms with E-state index in [9.17, 15) is 4.79 Å². The lowest BCUT2D eigenvalue weighted by atomic mass is 10.1. The molecule has 0 bridgehead atoms. The summed E-state index contributed by atoms with van der Waals surface area (Å²) in [5.74, 6) is 0.388. The van der Waals surface area contributed by atoms with Crippen LogP contribution in [0.15, 0.2) is 29.3 Å². The van der Waals surface area contributed by atoms with Gasteiger partial charge in [0.15, 0.2) is 11.8 Å². The van der Waals surface area contributed by atoms with Crippen LogP contribution in [0.4, 0.5) is 5.69 Å². The number of carbonyl (C=O) groups excluding carboxylic acids is 1. The molecule has 0 unspecified atom stereocenters. The van der Waals surface area contributed by atoms with Crippen LogP contribution >= 0.6 is 0 Å². The van der Waals surface area contributed by atoms with Crippen molar-refractivity contribution in [1.29, 1.82) is 0 Å². The third-order valence-electron chi connectivity index (χ3n) is 3.43. The average molecular weight is 290 g/mol. The highest BCUT2D eigenvalue weighted by Gasteiger charge is 2.41. The van der Waals surface area contributed by atoms with Crippen LogP contribution in [0.3, 0.4) is 0 Å². The highest BCUT2D eigenvalue weighted by Crippen LogP contribution is 2.39. The first kappa shape index (κ1) is 13.9. The van der Waals surface area contributed by atoms with E-state index in [1.807, 2.05) is 36.1 Å². The summed E-state index contributed by atoms with van der Waals surface area (Å²) in [5.41, 5.74) is 0.914. The van der Waals surface area contributed by atoms with Gasteiger partial charge in [-0.15, -0.1) is 0 Å². The zero-order valence-electron chi connectivity index (χ0n) is 12.1. The predicted octanol–water partition coefficient (Wildman–Crippen LogP) is 1.94. The molecule has 1 aromatic rings. The maximum Gasteiger partial charge on any atom is 0.331 e. The highest BCUT2D eigenvalue weighted by atomic mass is 16.6. The molecule has 0 aliphatic carbocycles. The molecule has 0 radical (unpaired) electrons. The van der Waals surface area contributed by atoms with Gasteiger partial charge in [0, 0.05) is 13.0 Å². The Labute approximate surface area is 123 Å². The van der Waals surface area contributed by atoms with Gasteiger partial charge >= 0.3 is 12.0 Å². The fourth-order valence-electron chi connectivity index (χ4n) is 2.56. The third-order valence-corrected chi connectivity index (χ3v) is 3.43. The quantitative estimate of drug-likeness (QED) is 0.793. The molecule has 0 saturated heterocycles. The fraction of sp³-hybridized carbons (Fsp3) is 0.467. The Hall–Kier alpha value is -2.08. The minimum atomic E-state index is -0.581. The van der Waals surface area contributed by atoms with E-state index in [2.05, 4.69) is 4.99 Å². The second-order valence-electron chi connectivity index (χ2n) is 4.77. The Morgan fingerprint density at radius 1 is 1.38 bits per heavy atom. The summed E-state index contributed by atoms with van der Waals surface area (Å²) in [6.07, 6.45) is 0.175. The number of benzene rings is 1. The largest absolute Gasteiger partial charge is 0.464 e. The van der Waals surface area contributed by atoms with Gasteiger partial charge in [-0.3, -0.25) is 4.90 Å². The number of hydrogen-bond donors (Lipinski definition) is 0. The highest BCUT2D eigenvalue weighted by molar-refractivity contribution is 6.02. The van der Waals surface area contributed by atoms with E-state index in [0.717, 1.165) is 11.4 Å². The van der Waals surface area contributed by atoms with Crippen LogP contribution in [0, 0.1) is 0 Å². The van der Waals surface area contributed by atoms with Crippen molar-refractivity contribution < 1.29 is 19.0 Å². The maximum absolute atomic E-state index is 12.0. The van der Waals surface area contributed by atoms with Gasteiger partial charge in [0.05, 0.1) is 12.3 Å². The van der Waals surface area contributed by atoms with Gasteiger partial charge in [-0.2, -0.15) is 0 Å². The van der Waals surface area contributed by atoms with E-state index in [-0.39, 0.29) is 12.2 Å². The zero-order valence-corrected chi connectivity index (χ0v) is 12.1. The molecular weight excluding hydrogens is 272 g/mol. The van der Waals surface area contributed by atoms with Crippen molar-refractivity contribution in [1.82, 2.24) is 0 Å². The molecule has 0 aromatic heterocycles. The number of fused-ring (bicyclic) bond motifs is 3. The van der Waals surface area contributed by atoms with E-state index >= 15 is 0 Å². The molecule has 1 aromatic carbocycles. The molecule has 2 aliphatic heterocycles. The summed E-state index contributed by atoms with van der Waals surface area (Å²) < 4.78 is 16.6. The molecule has 2 heterocycles. The summed E-state index contributed by atoms with van der Waals surface area (Å²) in [6.45, 7) is 4.59. The van der Waals surface area contributed by atoms with E-state index in [4.69, 9.17) is 14.2 Å². The van der Waals surface area contributed by atoms with Gasteiger partial charge in [0.25, 0.3) is 0 Å². The average Bonchev–Trinajstić information content (AvgIpc) is 2.86. The van der Waals surface area contributed by atoms with Crippen molar-refractivity contribution in [3.05, 3.63) is 24.3 Å². The van der Waals surface area contributed by atoms with Crippen LogP contribution in [0.5, 0.6) is 5.75 Å². The first-order valence-electron chi connectivity index (χ1n) is 7.16. The van der Waals surface area contributed by atoms with Crippen molar-refractivity contribution >= 4 is 17.7 Å². The number of nitrogens with zero attached hydrogens (tertiary/aromatic N) is 2. The number of esters is 1. The smallest absolute Gasteiger partial charge is 0.331 e. The van der Waals surface area contributed by atoms with Crippen LogP contribution in [0.1, 0.15) is 20.3 Å². The van der Waals surface area contributed by atoms with Gasteiger partial charge in [-0.1, -0.05) is 12.1 Å². The van der Waals surface area contributed by atoms with Crippen molar-refractivity contribution in [3.63, 3.8) is 0 Å². The number of para-hydroxylation sites is 2. The molecule has 21 heavy (non-hydrogen) atoms. The van der Waals surface area contributed by atoms with Crippen molar-refractivity contribution in [2.45, 2.75) is 32.5 Å². The monoisotopic (exact) mass is 290 g/mol. The lowest BCUT2D eigenvalue weighted by Gasteiger charge is -2.33. The number of rotatable bonds is 4. The van der Waals surface area contributed by atoms with E-state index in [0.29, 0.717) is 25.7 Å². The van der Waals surface area contributed by atoms with Crippen molar-refractivity contribution in [2.24, 2.45) is 4.99 Å². The standard InChI is InChI=1S/C15H18N2O4/c1-3-19-13-9-10(14(18)20-4-2)16-15-17(13)11-7-5-6-8-12(11)21-15/h5-8,10,13H,3-4,9H2,1-2H3/t10-,13-/m0/s1. The molecule has 0 spiro atoms. The SMILES string of the molecule is CCOC(=O)[C@@H]1C[C@H](OCC)N2C(=N1)Oc1ccccc12. The van der Waals surface area contributed by atoms with Crippen LogP contribution in [-0.4, -0.2) is 37.5 Å². The fourth-order valence-corrected chi connectivity index (χ4v) is 2.56. The lowest BCUT2D eigenvalue weighted by Crippen LogP contribution is -2.49. The molecule has 3 rings (SSSR count). The molecule has 2 aliphatic rings. The van der Waals surface area contributed by atoms with Gasteiger partial charge in [-0.25, -0.2) is 9.79 Å². The minimum Gasteiger partial charge on any atom is -0.464 e. The molecule has 0 fully saturated rings. The molecular formula is C15H18N2O4. The molecule has 0 amide bonds. The van der Waals surface area contributed by atoms with Crippen molar-refractivity contribution in [2.75, 3.05) is 18.1 Å². The molecule has 2 atom stereocenters. The van der Waals surface area contributed by atoms with Gasteiger partial charge < -0.3 is 14.2 Å². The summed E-state index contributed by atoms with van der Waals surface area (Å²) in [7, 11) is 0. The number of amidine groups is 1. The summed E-state index contributed by atoms with van der Waals surface area (Å²) in [5, 5.41) is 0. The van der Waals surface area contributed by atoms with E-state index in [1.165, 1.54) is 0 Å².